The SMILES string of the molecule is CC(C)(C)c1ccc(N(C(=O)[C@H]2C[C@@H](O)CN2)C(C(=O)NC2CCC(F)(F)CC2)c2cncnc2)cc1. The van der Waals surface area contributed by atoms with Gasteiger partial charge in [0.15, 0.2) is 0 Å². The Labute approximate surface area is 215 Å². The van der Waals surface area contributed by atoms with E-state index in [1.54, 1.807) is 12.1 Å². The van der Waals surface area contributed by atoms with Crippen molar-refractivity contribution in [2.45, 2.75) is 88.4 Å². The smallest absolute Gasteiger partial charge is 0.248 e. The summed E-state index contributed by atoms with van der Waals surface area (Å²) in [6.07, 6.45) is 3.56. The van der Waals surface area contributed by atoms with Crippen LogP contribution in [0.2, 0.25) is 0 Å². The van der Waals surface area contributed by atoms with E-state index in [-0.39, 0.29) is 50.0 Å². The Kier molecular flexibility index (Phi) is 7.89. The molecular weight excluding hydrogens is 480 g/mol. The van der Waals surface area contributed by atoms with E-state index in [1.165, 1.54) is 23.6 Å². The van der Waals surface area contributed by atoms with E-state index < -0.39 is 36.1 Å². The van der Waals surface area contributed by atoms with Crippen molar-refractivity contribution in [2.75, 3.05) is 11.4 Å². The van der Waals surface area contributed by atoms with Crippen LogP contribution in [0.3, 0.4) is 0 Å². The van der Waals surface area contributed by atoms with Gasteiger partial charge in [0.1, 0.15) is 12.4 Å². The third kappa shape index (κ3) is 6.48. The summed E-state index contributed by atoms with van der Waals surface area (Å²) in [4.78, 5) is 37.2. The maximum atomic E-state index is 13.9. The van der Waals surface area contributed by atoms with Crippen LogP contribution < -0.4 is 15.5 Å². The van der Waals surface area contributed by atoms with Crippen molar-refractivity contribution in [3.05, 3.63) is 54.1 Å². The fraction of sp³-hybridized carbons (Fsp3) is 0.556. The van der Waals surface area contributed by atoms with Gasteiger partial charge >= 0.3 is 0 Å². The van der Waals surface area contributed by atoms with Crippen LogP contribution in [0.5, 0.6) is 0 Å². The summed E-state index contributed by atoms with van der Waals surface area (Å²) in [7, 11) is 0. The molecule has 1 unspecified atom stereocenters. The number of carbonyl (C=O) groups excluding carboxylic acids is 2. The molecule has 3 atom stereocenters. The highest BCUT2D eigenvalue weighted by Gasteiger charge is 2.41. The van der Waals surface area contributed by atoms with Gasteiger partial charge in [-0.2, -0.15) is 0 Å². The van der Waals surface area contributed by atoms with Gasteiger partial charge in [-0.1, -0.05) is 32.9 Å². The molecule has 0 bridgehead atoms. The fourth-order valence-corrected chi connectivity index (χ4v) is 4.93. The van der Waals surface area contributed by atoms with Gasteiger partial charge in [-0.25, -0.2) is 18.7 Å². The molecule has 1 aliphatic carbocycles. The molecule has 2 aliphatic rings. The number of rotatable bonds is 6. The lowest BCUT2D eigenvalue weighted by atomic mass is 9.87. The quantitative estimate of drug-likeness (QED) is 0.545. The molecule has 200 valence electrons. The minimum Gasteiger partial charge on any atom is -0.392 e. The Balaban J connectivity index is 1.71. The van der Waals surface area contributed by atoms with Crippen LogP contribution in [-0.4, -0.2) is 57.5 Å². The molecule has 1 aliphatic heterocycles. The normalized spacial score (nSPS) is 22.9. The van der Waals surface area contributed by atoms with Gasteiger partial charge in [-0.05, 0) is 42.4 Å². The van der Waals surface area contributed by atoms with Crippen molar-refractivity contribution in [1.29, 1.82) is 0 Å². The number of amides is 2. The van der Waals surface area contributed by atoms with E-state index in [1.807, 2.05) is 12.1 Å². The first-order valence-electron chi connectivity index (χ1n) is 12.7. The highest BCUT2D eigenvalue weighted by molar-refractivity contribution is 6.04. The number of halogens is 2. The molecular formula is C27H35F2N5O3. The lowest BCUT2D eigenvalue weighted by Crippen LogP contribution is -2.52. The van der Waals surface area contributed by atoms with Gasteiger partial charge in [-0.15, -0.1) is 0 Å². The van der Waals surface area contributed by atoms with Gasteiger partial charge in [0.25, 0.3) is 0 Å². The number of alkyl halides is 2. The zero-order valence-electron chi connectivity index (χ0n) is 21.5. The van der Waals surface area contributed by atoms with E-state index in [0.717, 1.165) is 5.56 Å². The van der Waals surface area contributed by atoms with E-state index in [0.29, 0.717) is 11.3 Å². The number of nitrogens with one attached hydrogen (secondary N) is 2. The molecule has 2 aromatic rings. The molecule has 4 rings (SSSR count). The maximum Gasteiger partial charge on any atom is 0.248 e. The zero-order valence-corrected chi connectivity index (χ0v) is 21.5. The van der Waals surface area contributed by atoms with Crippen LogP contribution in [0.15, 0.2) is 43.0 Å². The zero-order chi connectivity index (χ0) is 26.8. The van der Waals surface area contributed by atoms with Crippen LogP contribution in [0, 0.1) is 0 Å². The molecule has 8 nitrogen and oxygen atoms in total. The monoisotopic (exact) mass is 515 g/mol. The average molecular weight is 516 g/mol. The van der Waals surface area contributed by atoms with Crippen molar-refractivity contribution in [3.8, 4) is 0 Å². The van der Waals surface area contributed by atoms with Crippen molar-refractivity contribution in [1.82, 2.24) is 20.6 Å². The average Bonchev–Trinajstić information content (AvgIpc) is 3.29. The Morgan fingerprint density at radius 2 is 1.76 bits per heavy atom. The Bertz CT molecular complexity index is 1080. The van der Waals surface area contributed by atoms with Crippen molar-refractivity contribution >= 4 is 17.5 Å². The lowest BCUT2D eigenvalue weighted by molar-refractivity contribution is -0.128. The number of carbonyl (C=O) groups is 2. The topological polar surface area (TPSA) is 107 Å². The second kappa shape index (κ2) is 10.8. The number of aliphatic hydroxyl groups excluding tert-OH is 1. The predicted molar refractivity (Wildman–Crippen MR) is 135 cm³/mol. The molecule has 10 heteroatoms. The maximum absolute atomic E-state index is 13.9. The summed E-state index contributed by atoms with van der Waals surface area (Å²) in [5.41, 5.74) is 1.84. The molecule has 37 heavy (non-hydrogen) atoms. The Morgan fingerprint density at radius 3 is 2.30 bits per heavy atom. The van der Waals surface area contributed by atoms with Crippen LogP contribution in [0.25, 0.3) is 0 Å². The van der Waals surface area contributed by atoms with Gasteiger partial charge in [0.2, 0.25) is 17.7 Å². The number of anilines is 1. The van der Waals surface area contributed by atoms with Crippen LogP contribution in [0.4, 0.5) is 14.5 Å². The number of β-amino-alcohol motifs (C(OH)–C–C–N with tert-alkyl or cyclic N) is 1. The standard InChI is InChI=1S/C27H35F2N5O3/c1-26(2,3)18-4-6-20(7-5-18)34(25(37)22-12-21(35)15-32-22)23(17-13-30-16-31-14-17)24(36)33-19-8-10-27(28,29)11-9-19/h4-7,13-14,16,19,21-23,32,35H,8-12,15H2,1-3H3,(H,33,36)/t21-,22-,23?/m1/s1. The number of nitrogens with zero attached hydrogens (tertiary/aromatic N) is 3. The van der Waals surface area contributed by atoms with Gasteiger partial charge in [-0.3, -0.25) is 14.5 Å². The molecule has 1 aromatic carbocycles. The molecule has 0 radical (unpaired) electrons. The molecule has 3 N–H and O–H groups in total. The van der Waals surface area contributed by atoms with E-state index >= 15 is 0 Å². The number of aliphatic hydroxyl groups is 1. The highest BCUT2D eigenvalue weighted by Crippen LogP contribution is 2.35. The third-order valence-electron chi connectivity index (χ3n) is 7.12. The van der Waals surface area contributed by atoms with Crippen molar-refractivity contribution < 1.29 is 23.5 Å². The van der Waals surface area contributed by atoms with Crippen LogP contribution in [0.1, 0.15) is 70.0 Å². The lowest BCUT2D eigenvalue weighted by Gasteiger charge is -2.35. The first-order valence-corrected chi connectivity index (χ1v) is 12.7. The Hall–Kier alpha value is -2.98. The van der Waals surface area contributed by atoms with Gasteiger partial charge in [0, 0.05) is 49.1 Å². The minimum absolute atomic E-state index is 0.114. The molecule has 2 heterocycles. The second-order valence-electron chi connectivity index (χ2n) is 11.1. The highest BCUT2D eigenvalue weighted by atomic mass is 19.3. The fourth-order valence-electron chi connectivity index (χ4n) is 4.93. The summed E-state index contributed by atoms with van der Waals surface area (Å²) in [6, 6.07) is 5.20. The van der Waals surface area contributed by atoms with Crippen molar-refractivity contribution in [3.63, 3.8) is 0 Å². The van der Waals surface area contributed by atoms with E-state index in [9.17, 15) is 23.5 Å². The molecule has 2 amide bonds. The molecule has 1 aromatic heterocycles. The predicted octanol–water partition coefficient (Wildman–Crippen LogP) is 3.27. The summed E-state index contributed by atoms with van der Waals surface area (Å²) in [6.45, 7) is 6.52. The summed E-state index contributed by atoms with van der Waals surface area (Å²) >= 11 is 0. The van der Waals surface area contributed by atoms with Crippen LogP contribution in [-0.2, 0) is 15.0 Å². The number of hydrogen-bond acceptors (Lipinski definition) is 6. The minimum atomic E-state index is -2.72. The van der Waals surface area contributed by atoms with Gasteiger partial charge < -0.3 is 15.7 Å². The molecule has 0 spiro atoms. The largest absolute Gasteiger partial charge is 0.392 e. The summed E-state index contributed by atoms with van der Waals surface area (Å²) in [5.74, 6) is -3.59. The van der Waals surface area contributed by atoms with Crippen LogP contribution >= 0.6 is 0 Å². The van der Waals surface area contributed by atoms with Gasteiger partial charge in [0.05, 0.1) is 12.1 Å². The molecule has 2 fully saturated rings. The number of aromatic nitrogens is 2. The second-order valence-corrected chi connectivity index (χ2v) is 11.1. The first kappa shape index (κ1) is 27.1. The Morgan fingerprint density at radius 1 is 1.14 bits per heavy atom. The van der Waals surface area contributed by atoms with E-state index in [2.05, 4.69) is 41.4 Å². The summed E-state index contributed by atoms with van der Waals surface area (Å²) < 4.78 is 27.4. The number of benzene rings is 1. The van der Waals surface area contributed by atoms with Crippen molar-refractivity contribution in [2.24, 2.45) is 0 Å². The summed E-state index contributed by atoms with van der Waals surface area (Å²) in [5, 5.41) is 16.0. The third-order valence-corrected chi connectivity index (χ3v) is 7.12. The first-order chi connectivity index (χ1) is 17.4. The van der Waals surface area contributed by atoms with E-state index in [4.69, 9.17) is 0 Å². The molecule has 1 saturated carbocycles. The molecule has 1 saturated heterocycles. The number of hydrogen-bond donors (Lipinski definition) is 3.